The molecular weight excluding hydrogens is 140 g/mol. The second-order valence-corrected chi connectivity index (χ2v) is 3.30. The summed E-state index contributed by atoms with van der Waals surface area (Å²) in [6.45, 7) is 2.57. The monoisotopic (exact) mass is 156 g/mol. The lowest BCUT2D eigenvalue weighted by atomic mass is 10.3. The van der Waals surface area contributed by atoms with Crippen LogP contribution in [-0.2, 0) is 4.79 Å². The van der Waals surface area contributed by atoms with E-state index < -0.39 is 0 Å². The molecule has 0 N–H and O–H groups in total. The van der Waals surface area contributed by atoms with E-state index >= 15 is 0 Å². The summed E-state index contributed by atoms with van der Waals surface area (Å²) in [5.41, 5.74) is 0. The van der Waals surface area contributed by atoms with Crippen molar-refractivity contribution in [1.29, 1.82) is 0 Å². The highest BCUT2D eigenvalue weighted by Crippen LogP contribution is 2.18. The van der Waals surface area contributed by atoms with E-state index in [0.717, 1.165) is 19.4 Å². The highest BCUT2D eigenvalue weighted by atomic mass is 16.2. The number of amides is 1. The zero-order valence-electron chi connectivity index (χ0n) is 7.50. The molecule has 64 valence electrons. The van der Waals surface area contributed by atoms with Crippen molar-refractivity contribution >= 4 is 5.91 Å². The summed E-state index contributed by atoms with van der Waals surface area (Å²) in [7, 11) is 4.04. The van der Waals surface area contributed by atoms with Gasteiger partial charge in [-0.25, -0.2) is 0 Å². The van der Waals surface area contributed by atoms with Gasteiger partial charge in [0.25, 0.3) is 0 Å². The summed E-state index contributed by atoms with van der Waals surface area (Å²) in [4.78, 5) is 15.1. The minimum absolute atomic E-state index is 0.196. The van der Waals surface area contributed by atoms with Gasteiger partial charge in [0.2, 0.25) is 5.91 Å². The third-order valence-electron chi connectivity index (χ3n) is 2.22. The Morgan fingerprint density at radius 2 is 2.18 bits per heavy atom. The van der Waals surface area contributed by atoms with E-state index in [9.17, 15) is 4.79 Å². The predicted molar refractivity (Wildman–Crippen MR) is 44.1 cm³/mol. The Labute approximate surface area is 68.0 Å². The maximum atomic E-state index is 11.1. The average molecular weight is 156 g/mol. The highest BCUT2D eigenvalue weighted by Gasteiger charge is 2.27. The summed E-state index contributed by atoms with van der Waals surface area (Å²) in [6, 6.07) is 0. The van der Waals surface area contributed by atoms with Gasteiger partial charge in [0.1, 0.15) is 0 Å². The van der Waals surface area contributed by atoms with E-state index in [1.165, 1.54) is 0 Å². The minimum Gasteiger partial charge on any atom is -0.327 e. The van der Waals surface area contributed by atoms with Crippen LogP contribution in [0.3, 0.4) is 0 Å². The van der Waals surface area contributed by atoms with Crippen molar-refractivity contribution in [2.75, 3.05) is 20.6 Å². The molecule has 3 nitrogen and oxygen atoms in total. The van der Waals surface area contributed by atoms with Gasteiger partial charge < -0.3 is 4.90 Å². The van der Waals surface area contributed by atoms with Gasteiger partial charge in [0, 0.05) is 13.5 Å². The fourth-order valence-corrected chi connectivity index (χ4v) is 1.65. The van der Waals surface area contributed by atoms with Gasteiger partial charge in [0.15, 0.2) is 0 Å². The van der Waals surface area contributed by atoms with Crippen LogP contribution in [0.5, 0.6) is 0 Å². The molecule has 1 rings (SSSR count). The lowest BCUT2D eigenvalue weighted by molar-refractivity contribution is -0.132. The molecule has 11 heavy (non-hydrogen) atoms. The van der Waals surface area contributed by atoms with Crippen LogP contribution in [0.4, 0.5) is 0 Å². The van der Waals surface area contributed by atoms with Gasteiger partial charge >= 0.3 is 0 Å². The van der Waals surface area contributed by atoms with Crippen molar-refractivity contribution in [2.45, 2.75) is 25.9 Å². The van der Waals surface area contributed by atoms with E-state index in [1.807, 2.05) is 19.0 Å². The maximum absolute atomic E-state index is 11.1. The van der Waals surface area contributed by atoms with Crippen LogP contribution in [0.1, 0.15) is 19.8 Å². The smallest absolute Gasteiger partial charge is 0.220 e. The van der Waals surface area contributed by atoms with Crippen LogP contribution in [0, 0.1) is 0 Å². The molecule has 1 unspecified atom stereocenters. The maximum Gasteiger partial charge on any atom is 0.220 e. The van der Waals surface area contributed by atoms with Gasteiger partial charge in [-0.05, 0) is 26.9 Å². The third-order valence-corrected chi connectivity index (χ3v) is 2.22. The molecule has 0 aromatic carbocycles. The Morgan fingerprint density at radius 1 is 1.55 bits per heavy atom. The number of rotatable bonds is 1. The van der Waals surface area contributed by atoms with Gasteiger partial charge in [-0.2, -0.15) is 0 Å². The molecule has 1 atom stereocenters. The van der Waals surface area contributed by atoms with E-state index in [0.29, 0.717) is 6.17 Å². The number of hydrogen-bond donors (Lipinski definition) is 0. The summed E-state index contributed by atoms with van der Waals surface area (Å²) in [5.74, 6) is 0.196. The topological polar surface area (TPSA) is 23.6 Å². The van der Waals surface area contributed by atoms with Crippen LogP contribution in [0.25, 0.3) is 0 Å². The largest absolute Gasteiger partial charge is 0.327 e. The number of carbonyl (C=O) groups is 1. The Hall–Kier alpha value is -0.570. The Balaban J connectivity index is 2.58. The van der Waals surface area contributed by atoms with Crippen LogP contribution in [0.2, 0.25) is 0 Å². The first-order chi connectivity index (χ1) is 5.13. The molecule has 0 aromatic rings. The first-order valence-corrected chi connectivity index (χ1v) is 4.06. The van der Waals surface area contributed by atoms with Crippen molar-refractivity contribution in [3.63, 3.8) is 0 Å². The van der Waals surface area contributed by atoms with E-state index in [1.54, 1.807) is 6.92 Å². The molecule has 0 saturated carbocycles. The molecular formula is C8H16N2O. The van der Waals surface area contributed by atoms with Crippen molar-refractivity contribution in [3.05, 3.63) is 0 Å². The summed E-state index contributed by atoms with van der Waals surface area (Å²) in [5, 5.41) is 0. The van der Waals surface area contributed by atoms with Crippen molar-refractivity contribution in [3.8, 4) is 0 Å². The van der Waals surface area contributed by atoms with Crippen LogP contribution in [0.15, 0.2) is 0 Å². The molecule has 1 heterocycles. The number of nitrogens with zero attached hydrogens (tertiary/aromatic N) is 2. The summed E-state index contributed by atoms with van der Waals surface area (Å²) in [6.07, 6.45) is 2.60. The molecule has 1 amide bonds. The Morgan fingerprint density at radius 3 is 2.55 bits per heavy atom. The van der Waals surface area contributed by atoms with Gasteiger partial charge in [-0.1, -0.05) is 0 Å². The van der Waals surface area contributed by atoms with E-state index in [4.69, 9.17) is 0 Å². The molecule has 0 radical (unpaired) electrons. The predicted octanol–water partition coefficient (Wildman–Crippen LogP) is 0.516. The molecule has 0 spiro atoms. The number of likely N-dealkylation sites (tertiary alicyclic amines) is 1. The quantitative estimate of drug-likeness (QED) is 0.552. The normalized spacial score (nSPS) is 24.7. The molecule has 1 saturated heterocycles. The summed E-state index contributed by atoms with van der Waals surface area (Å²) < 4.78 is 0. The SMILES string of the molecule is CC(=O)N1CCCC1N(C)C. The molecule has 1 aliphatic rings. The first-order valence-electron chi connectivity index (χ1n) is 4.06. The molecule has 0 aromatic heterocycles. The van der Waals surface area contributed by atoms with Gasteiger partial charge in [0.05, 0.1) is 6.17 Å². The molecule has 1 fully saturated rings. The third kappa shape index (κ3) is 1.71. The molecule has 1 aliphatic heterocycles. The van der Waals surface area contributed by atoms with Gasteiger partial charge in [-0.15, -0.1) is 0 Å². The van der Waals surface area contributed by atoms with Crippen LogP contribution in [-0.4, -0.2) is 42.5 Å². The standard InChI is InChI=1S/C8H16N2O/c1-7(11)10-6-4-5-8(10)9(2)3/h8H,4-6H2,1-3H3. The lowest BCUT2D eigenvalue weighted by Gasteiger charge is -2.28. The Bertz CT molecular complexity index is 156. The molecule has 0 aliphatic carbocycles. The second-order valence-electron chi connectivity index (χ2n) is 3.30. The average Bonchev–Trinajstić information content (AvgIpc) is 2.32. The number of carbonyl (C=O) groups excluding carboxylic acids is 1. The van der Waals surface area contributed by atoms with Crippen LogP contribution < -0.4 is 0 Å². The number of hydrogen-bond acceptors (Lipinski definition) is 2. The minimum atomic E-state index is 0.196. The zero-order valence-corrected chi connectivity index (χ0v) is 7.50. The first kappa shape index (κ1) is 8.53. The molecule has 3 heteroatoms. The fourth-order valence-electron chi connectivity index (χ4n) is 1.65. The Kier molecular flexibility index (Phi) is 2.49. The summed E-state index contributed by atoms with van der Waals surface area (Å²) >= 11 is 0. The van der Waals surface area contributed by atoms with Crippen molar-refractivity contribution in [1.82, 2.24) is 9.80 Å². The van der Waals surface area contributed by atoms with Crippen LogP contribution >= 0.6 is 0 Å². The molecule has 0 bridgehead atoms. The van der Waals surface area contributed by atoms with E-state index in [-0.39, 0.29) is 5.91 Å². The van der Waals surface area contributed by atoms with Crippen molar-refractivity contribution in [2.24, 2.45) is 0 Å². The zero-order chi connectivity index (χ0) is 8.43. The van der Waals surface area contributed by atoms with Gasteiger partial charge in [-0.3, -0.25) is 9.69 Å². The van der Waals surface area contributed by atoms with Crippen molar-refractivity contribution < 1.29 is 4.79 Å². The lowest BCUT2D eigenvalue weighted by Crippen LogP contribution is -2.42. The van der Waals surface area contributed by atoms with E-state index in [2.05, 4.69) is 4.90 Å². The highest BCUT2D eigenvalue weighted by molar-refractivity contribution is 5.73. The second kappa shape index (κ2) is 3.22. The fraction of sp³-hybridized carbons (Fsp3) is 0.875.